The molecule has 8 nitrogen and oxygen atoms in total. The number of carbonyl (C=O) groups is 1. The summed E-state index contributed by atoms with van der Waals surface area (Å²) < 4.78 is 43.1. The highest BCUT2D eigenvalue weighted by Crippen LogP contribution is 2.45. The summed E-state index contributed by atoms with van der Waals surface area (Å²) in [6, 6.07) is 3.28. The van der Waals surface area contributed by atoms with Gasteiger partial charge in [-0.05, 0) is 43.9 Å². The van der Waals surface area contributed by atoms with Gasteiger partial charge in [0.2, 0.25) is 0 Å². The molecule has 0 saturated carbocycles. The van der Waals surface area contributed by atoms with E-state index in [1.165, 1.54) is 11.0 Å². The second-order valence-corrected chi connectivity index (χ2v) is 8.86. The topological polar surface area (TPSA) is 81.7 Å². The third kappa shape index (κ3) is 3.41. The van der Waals surface area contributed by atoms with Gasteiger partial charge in [0.25, 0.3) is 5.91 Å². The standard InChI is InChI=1S/C24H20F3N7O/c1-32-23(13-8-18(25)21(27)19(26)9-13)17-10-15-3-2-4-20(22(17)31-32)33(15)24(35)14-7-16(12-28-11-14)34-29-5-6-30-34/h5-9,11-12,15,20H,2-4,10H2,1H3/t15-,20+/m1/s1. The van der Waals surface area contributed by atoms with Crippen molar-refractivity contribution in [3.8, 4) is 16.9 Å². The van der Waals surface area contributed by atoms with Crippen molar-refractivity contribution < 1.29 is 18.0 Å². The van der Waals surface area contributed by atoms with E-state index in [0.717, 1.165) is 30.5 Å². The lowest BCUT2D eigenvalue weighted by atomic mass is 9.81. The maximum atomic E-state index is 14.0. The van der Waals surface area contributed by atoms with Gasteiger partial charge in [-0.3, -0.25) is 14.5 Å². The highest BCUT2D eigenvalue weighted by atomic mass is 19.2. The van der Waals surface area contributed by atoms with E-state index in [9.17, 15) is 18.0 Å². The third-order valence-corrected chi connectivity index (χ3v) is 6.79. The molecule has 1 fully saturated rings. The van der Waals surface area contributed by atoms with Crippen molar-refractivity contribution in [3.05, 3.63) is 77.3 Å². The Balaban J connectivity index is 1.40. The second kappa shape index (κ2) is 8.03. The minimum Gasteiger partial charge on any atom is -0.327 e. The number of piperidine rings is 1. The SMILES string of the molecule is Cn1nc2c(c1-c1cc(F)c(F)c(F)c1)C[C@H]1CCC[C@@H]2N1C(=O)c1cncc(-n2nccn2)c1. The molecular formula is C24H20F3N7O. The molecule has 178 valence electrons. The van der Waals surface area contributed by atoms with Crippen molar-refractivity contribution in [2.45, 2.75) is 37.8 Å². The Kier molecular flexibility index (Phi) is 4.94. The number of aryl methyl sites for hydroxylation is 1. The van der Waals surface area contributed by atoms with Gasteiger partial charge in [-0.2, -0.15) is 20.1 Å². The zero-order valence-electron chi connectivity index (χ0n) is 18.7. The number of hydrogen-bond donors (Lipinski definition) is 0. The number of fused-ring (bicyclic) bond motifs is 4. The normalized spacial score (nSPS) is 19.0. The maximum absolute atomic E-state index is 14.0. The number of benzene rings is 1. The van der Waals surface area contributed by atoms with Gasteiger partial charge in [-0.15, -0.1) is 0 Å². The lowest BCUT2D eigenvalue weighted by molar-refractivity contribution is 0.0391. The molecule has 5 heterocycles. The van der Waals surface area contributed by atoms with E-state index in [4.69, 9.17) is 0 Å². The van der Waals surface area contributed by atoms with Gasteiger partial charge in [0.1, 0.15) is 5.69 Å². The molecular weight excluding hydrogens is 459 g/mol. The zero-order valence-corrected chi connectivity index (χ0v) is 18.7. The average molecular weight is 479 g/mol. The molecule has 2 aliphatic heterocycles. The van der Waals surface area contributed by atoms with Gasteiger partial charge >= 0.3 is 0 Å². The van der Waals surface area contributed by atoms with Crippen molar-refractivity contribution in [2.75, 3.05) is 0 Å². The molecule has 0 radical (unpaired) electrons. The van der Waals surface area contributed by atoms with Crippen LogP contribution in [0.25, 0.3) is 16.9 Å². The first-order valence-corrected chi connectivity index (χ1v) is 11.3. The Morgan fingerprint density at radius 1 is 1.03 bits per heavy atom. The molecule has 0 N–H and O–H groups in total. The fourth-order valence-electron chi connectivity index (χ4n) is 5.35. The number of rotatable bonds is 3. The smallest absolute Gasteiger partial charge is 0.256 e. The molecule has 1 amide bonds. The highest BCUT2D eigenvalue weighted by molar-refractivity contribution is 5.95. The first-order valence-electron chi connectivity index (χ1n) is 11.3. The summed E-state index contributed by atoms with van der Waals surface area (Å²) in [7, 11) is 1.69. The van der Waals surface area contributed by atoms with Crippen molar-refractivity contribution in [1.29, 1.82) is 0 Å². The number of carbonyl (C=O) groups excluding carboxylic acids is 1. The van der Waals surface area contributed by atoms with Crippen molar-refractivity contribution >= 4 is 5.91 Å². The lowest BCUT2D eigenvalue weighted by Gasteiger charge is -2.45. The van der Waals surface area contributed by atoms with E-state index in [2.05, 4.69) is 20.3 Å². The average Bonchev–Trinajstić information content (AvgIpc) is 3.50. The highest BCUT2D eigenvalue weighted by Gasteiger charge is 2.43. The van der Waals surface area contributed by atoms with E-state index in [1.54, 1.807) is 36.4 Å². The number of halogens is 3. The molecule has 6 rings (SSSR count). The number of aromatic nitrogens is 6. The van der Waals surface area contributed by atoms with Crippen LogP contribution in [0, 0.1) is 17.5 Å². The molecule has 4 aromatic rings. The summed E-state index contributed by atoms with van der Waals surface area (Å²) in [5.41, 5.74) is 3.29. The van der Waals surface area contributed by atoms with Gasteiger partial charge in [-0.25, -0.2) is 13.2 Å². The molecule has 2 atom stereocenters. The predicted molar refractivity (Wildman–Crippen MR) is 118 cm³/mol. The fourth-order valence-corrected chi connectivity index (χ4v) is 5.35. The predicted octanol–water partition coefficient (Wildman–Crippen LogP) is 3.77. The van der Waals surface area contributed by atoms with E-state index in [1.807, 2.05) is 4.90 Å². The molecule has 11 heteroatoms. The van der Waals surface area contributed by atoms with Gasteiger partial charge in [0, 0.05) is 30.4 Å². The first-order chi connectivity index (χ1) is 16.9. The van der Waals surface area contributed by atoms with E-state index >= 15 is 0 Å². The summed E-state index contributed by atoms with van der Waals surface area (Å²) in [5.74, 6) is -4.17. The summed E-state index contributed by atoms with van der Waals surface area (Å²) in [6.45, 7) is 0. The van der Waals surface area contributed by atoms with Gasteiger partial charge in [0.05, 0.1) is 41.6 Å². The van der Waals surface area contributed by atoms with Crippen LogP contribution in [0.4, 0.5) is 13.2 Å². The van der Waals surface area contributed by atoms with Gasteiger partial charge in [0.15, 0.2) is 17.5 Å². The number of hydrogen-bond acceptors (Lipinski definition) is 5. The van der Waals surface area contributed by atoms with Gasteiger partial charge in [-0.1, -0.05) is 0 Å². The molecule has 0 aliphatic carbocycles. The van der Waals surface area contributed by atoms with Crippen molar-refractivity contribution in [3.63, 3.8) is 0 Å². The molecule has 35 heavy (non-hydrogen) atoms. The molecule has 1 saturated heterocycles. The Hall–Kier alpha value is -4.02. The van der Waals surface area contributed by atoms with Crippen LogP contribution in [-0.2, 0) is 13.5 Å². The molecule has 0 spiro atoms. The second-order valence-electron chi connectivity index (χ2n) is 8.86. The van der Waals surface area contributed by atoms with Crippen LogP contribution in [0.2, 0.25) is 0 Å². The fraction of sp³-hybridized carbons (Fsp3) is 0.292. The maximum Gasteiger partial charge on any atom is 0.256 e. The summed E-state index contributed by atoms with van der Waals surface area (Å²) in [5, 5.41) is 12.9. The van der Waals surface area contributed by atoms with Crippen LogP contribution in [0.15, 0.2) is 43.0 Å². The summed E-state index contributed by atoms with van der Waals surface area (Å²) >= 11 is 0. The molecule has 0 unspecified atom stereocenters. The van der Waals surface area contributed by atoms with Crippen LogP contribution >= 0.6 is 0 Å². The lowest BCUT2D eigenvalue weighted by Crippen LogP contribution is -2.49. The molecule has 2 bridgehead atoms. The van der Waals surface area contributed by atoms with Crippen LogP contribution in [0.1, 0.15) is 46.9 Å². The van der Waals surface area contributed by atoms with Crippen LogP contribution in [0.3, 0.4) is 0 Å². The van der Waals surface area contributed by atoms with E-state index in [0.29, 0.717) is 35.5 Å². The van der Waals surface area contributed by atoms with Gasteiger partial charge < -0.3 is 4.90 Å². The van der Waals surface area contributed by atoms with Crippen molar-refractivity contribution in [1.82, 2.24) is 34.7 Å². The Morgan fingerprint density at radius 3 is 2.51 bits per heavy atom. The van der Waals surface area contributed by atoms with Crippen LogP contribution in [0.5, 0.6) is 0 Å². The monoisotopic (exact) mass is 479 g/mol. The molecule has 2 aliphatic rings. The molecule has 1 aromatic carbocycles. The number of pyridine rings is 1. The largest absolute Gasteiger partial charge is 0.327 e. The van der Waals surface area contributed by atoms with E-state index in [-0.39, 0.29) is 23.6 Å². The quantitative estimate of drug-likeness (QED) is 0.418. The summed E-state index contributed by atoms with van der Waals surface area (Å²) in [6.07, 6.45) is 9.11. The summed E-state index contributed by atoms with van der Waals surface area (Å²) in [4.78, 5) is 21.1. The first kappa shape index (κ1) is 21.5. The number of nitrogens with zero attached hydrogens (tertiary/aromatic N) is 7. The van der Waals surface area contributed by atoms with E-state index < -0.39 is 17.5 Å². The van der Waals surface area contributed by atoms with Crippen LogP contribution in [-0.4, -0.2) is 46.6 Å². The molecule has 3 aromatic heterocycles. The minimum atomic E-state index is -1.50. The van der Waals surface area contributed by atoms with Crippen LogP contribution < -0.4 is 0 Å². The minimum absolute atomic E-state index is 0.113. The third-order valence-electron chi connectivity index (χ3n) is 6.79. The Labute approximate surface area is 198 Å². The Morgan fingerprint density at radius 2 is 1.77 bits per heavy atom. The Bertz CT molecular complexity index is 1430. The number of amides is 1. The zero-order chi connectivity index (χ0) is 24.3. The van der Waals surface area contributed by atoms with Crippen molar-refractivity contribution in [2.24, 2.45) is 7.05 Å².